The molecule has 0 heterocycles. The van der Waals surface area contributed by atoms with Crippen LogP contribution in [0.25, 0.3) is 0 Å². The van der Waals surface area contributed by atoms with Crippen LogP contribution in [-0.4, -0.2) is 8.42 Å². The third-order valence-electron chi connectivity index (χ3n) is 1.71. The maximum atomic E-state index is 12.8. The first-order valence-corrected chi connectivity index (χ1v) is 5.16. The van der Waals surface area contributed by atoms with E-state index < -0.39 is 15.8 Å². The van der Waals surface area contributed by atoms with Crippen LogP contribution in [0.5, 0.6) is 0 Å². The van der Waals surface area contributed by atoms with Crippen LogP contribution in [0.3, 0.4) is 0 Å². The van der Waals surface area contributed by atoms with Crippen molar-refractivity contribution in [1.29, 1.82) is 0 Å². The summed E-state index contributed by atoms with van der Waals surface area (Å²) in [7, 11) is -3.75. The molecule has 0 aliphatic carbocycles. The monoisotopic (exact) mass is 203 g/mol. The zero-order chi connectivity index (χ0) is 10.2. The van der Waals surface area contributed by atoms with E-state index in [2.05, 4.69) is 0 Å². The van der Waals surface area contributed by atoms with Gasteiger partial charge in [0.2, 0.25) is 10.0 Å². The maximum Gasteiger partial charge on any atom is 0.238 e. The summed E-state index contributed by atoms with van der Waals surface area (Å²) in [6.45, 7) is 3.02. The summed E-state index contributed by atoms with van der Waals surface area (Å²) in [5.41, 5.74) is 0.667. The Morgan fingerprint density at radius 3 is 1.92 bits per heavy atom. The van der Waals surface area contributed by atoms with Gasteiger partial charge in [0, 0.05) is 0 Å². The van der Waals surface area contributed by atoms with Gasteiger partial charge in [-0.2, -0.15) is 0 Å². The van der Waals surface area contributed by atoms with Crippen molar-refractivity contribution in [1.82, 2.24) is 0 Å². The zero-order valence-corrected chi connectivity index (χ0v) is 8.15. The number of aryl methyl sites for hydroxylation is 2. The highest BCUT2D eigenvalue weighted by Gasteiger charge is 2.15. The lowest BCUT2D eigenvalue weighted by Gasteiger charge is -2.06. The lowest BCUT2D eigenvalue weighted by Crippen LogP contribution is -2.15. The Labute approximate surface area is 76.4 Å². The summed E-state index contributed by atoms with van der Waals surface area (Å²) in [6.07, 6.45) is 0. The molecule has 0 aromatic heterocycles. The second kappa shape index (κ2) is 3.08. The van der Waals surface area contributed by atoms with E-state index >= 15 is 0 Å². The molecule has 13 heavy (non-hydrogen) atoms. The molecule has 0 bridgehead atoms. The molecule has 0 unspecified atom stereocenters. The molecule has 5 heteroatoms. The first-order chi connectivity index (χ1) is 5.82. The fourth-order valence-corrected chi connectivity index (χ4v) is 2.36. The van der Waals surface area contributed by atoms with Gasteiger partial charge in [-0.15, -0.1) is 0 Å². The number of hydrogen-bond acceptors (Lipinski definition) is 2. The van der Waals surface area contributed by atoms with E-state index in [0.717, 1.165) is 12.1 Å². The number of rotatable bonds is 1. The molecular formula is C8H10FNO2S. The minimum atomic E-state index is -3.75. The van der Waals surface area contributed by atoms with Crippen molar-refractivity contribution in [3.63, 3.8) is 0 Å². The molecule has 0 aliphatic rings. The van der Waals surface area contributed by atoms with Gasteiger partial charge in [-0.1, -0.05) is 0 Å². The highest BCUT2D eigenvalue weighted by Crippen LogP contribution is 2.19. The number of primary sulfonamides is 1. The Hall–Kier alpha value is -0.940. The average molecular weight is 203 g/mol. The third-order valence-corrected chi connectivity index (χ3v) is 2.92. The van der Waals surface area contributed by atoms with Crippen molar-refractivity contribution in [3.05, 3.63) is 29.1 Å². The van der Waals surface area contributed by atoms with Crippen molar-refractivity contribution in [2.24, 2.45) is 5.14 Å². The quantitative estimate of drug-likeness (QED) is 0.742. The van der Waals surface area contributed by atoms with Crippen molar-refractivity contribution in [2.75, 3.05) is 0 Å². The largest absolute Gasteiger partial charge is 0.238 e. The molecule has 0 spiro atoms. The van der Waals surface area contributed by atoms with E-state index in [9.17, 15) is 12.8 Å². The van der Waals surface area contributed by atoms with Gasteiger partial charge in [-0.3, -0.25) is 0 Å². The number of benzene rings is 1. The summed E-state index contributed by atoms with van der Waals surface area (Å²) in [4.78, 5) is 0.00824. The van der Waals surface area contributed by atoms with Gasteiger partial charge in [-0.05, 0) is 37.1 Å². The van der Waals surface area contributed by atoms with Crippen molar-refractivity contribution in [3.8, 4) is 0 Å². The van der Waals surface area contributed by atoms with Crippen LogP contribution in [0.4, 0.5) is 4.39 Å². The maximum absolute atomic E-state index is 12.8. The van der Waals surface area contributed by atoms with Gasteiger partial charge in [0.15, 0.2) is 0 Å². The molecule has 0 fully saturated rings. The summed E-state index contributed by atoms with van der Waals surface area (Å²) in [6, 6.07) is 2.29. The van der Waals surface area contributed by atoms with Gasteiger partial charge in [-0.25, -0.2) is 17.9 Å². The van der Waals surface area contributed by atoms with Crippen LogP contribution < -0.4 is 5.14 Å². The van der Waals surface area contributed by atoms with Crippen LogP contribution in [0.15, 0.2) is 17.0 Å². The standard InChI is InChI=1S/C8H10FNO2S/c1-5-3-7(9)4-6(2)8(5)13(10,11)12/h3-4H,1-2H3,(H2,10,11,12). The molecule has 0 saturated carbocycles. The molecule has 0 saturated heterocycles. The first kappa shape index (κ1) is 10.1. The topological polar surface area (TPSA) is 60.2 Å². The van der Waals surface area contributed by atoms with E-state index in [1.165, 1.54) is 13.8 Å². The molecule has 1 aromatic rings. The van der Waals surface area contributed by atoms with Crippen LogP contribution >= 0.6 is 0 Å². The van der Waals surface area contributed by atoms with Gasteiger partial charge < -0.3 is 0 Å². The van der Waals surface area contributed by atoms with Crippen molar-refractivity contribution >= 4 is 10.0 Å². The Morgan fingerprint density at radius 1 is 1.23 bits per heavy atom. The molecule has 1 rings (SSSR count). The van der Waals surface area contributed by atoms with Crippen LogP contribution in [0, 0.1) is 19.7 Å². The van der Waals surface area contributed by atoms with Crippen LogP contribution in [-0.2, 0) is 10.0 Å². The lowest BCUT2D eigenvalue weighted by atomic mass is 10.1. The Balaban J connectivity index is 3.57. The average Bonchev–Trinajstić information content (AvgIpc) is 1.78. The molecule has 0 atom stereocenters. The summed E-state index contributed by atoms with van der Waals surface area (Å²) in [5, 5.41) is 4.96. The Kier molecular flexibility index (Phi) is 2.40. The van der Waals surface area contributed by atoms with Gasteiger partial charge in [0.1, 0.15) is 5.82 Å². The van der Waals surface area contributed by atoms with E-state index in [0.29, 0.717) is 11.1 Å². The smallest absolute Gasteiger partial charge is 0.225 e. The molecule has 3 nitrogen and oxygen atoms in total. The number of halogens is 1. The highest BCUT2D eigenvalue weighted by atomic mass is 32.2. The fourth-order valence-electron chi connectivity index (χ4n) is 1.35. The van der Waals surface area contributed by atoms with E-state index in [4.69, 9.17) is 5.14 Å². The third kappa shape index (κ3) is 2.05. The lowest BCUT2D eigenvalue weighted by molar-refractivity contribution is 0.594. The van der Waals surface area contributed by atoms with Gasteiger partial charge in [0.25, 0.3) is 0 Å². The molecule has 1 aromatic carbocycles. The van der Waals surface area contributed by atoms with E-state index in [1.807, 2.05) is 0 Å². The predicted octanol–water partition coefficient (Wildman–Crippen LogP) is 1.09. The summed E-state index contributed by atoms with van der Waals surface area (Å²) >= 11 is 0. The van der Waals surface area contributed by atoms with E-state index in [-0.39, 0.29) is 4.90 Å². The summed E-state index contributed by atoms with van der Waals surface area (Å²) in [5.74, 6) is -0.456. The molecule has 2 N–H and O–H groups in total. The molecule has 0 amide bonds. The molecule has 0 radical (unpaired) electrons. The minimum absolute atomic E-state index is 0.00824. The van der Waals surface area contributed by atoms with Crippen molar-refractivity contribution < 1.29 is 12.8 Å². The number of hydrogen-bond donors (Lipinski definition) is 1. The fraction of sp³-hybridized carbons (Fsp3) is 0.250. The summed E-state index contributed by atoms with van der Waals surface area (Å²) < 4.78 is 34.8. The first-order valence-electron chi connectivity index (χ1n) is 3.62. The zero-order valence-electron chi connectivity index (χ0n) is 7.33. The Bertz CT molecular complexity index is 416. The van der Waals surface area contributed by atoms with Crippen LogP contribution in [0.1, 0.15) is 11.1 Å². The SMILES string of the molecule is Cc1cc(F)cc(C)c1S(N)(=O)=O. The Morgan fingerprint density at radius 2 is 1.62 bits per heavy atom. The predicted molar refractivity (Wildman–Crippen MR) is 47.2 cm³/mol. The van der Waals surface area contributed by atoms with Gasteiger partial charge >= 0.3 is 0 Å². The number of sulfonamides is 1. The van der Waals surface area contributed by atoms with E-state index in [1.54, 1.807) is 0 Å². The molecular weight excluding hydrogens is 193 g/mol. The number of nitrogens with two attached hydrogens (primary N) is 1. The minimum Gasteiger partial charge on any atom is -0.225 e. The normalized spacial score (nSPS) is 11.7. The molecule has 0 aliphatic heterocycles. The second-order valence-electron chi connectivity index (χ2n) is 2.91. The van der Waals surface area contributed by atoms with Gasteiger partial charge in [0.05, 0.1) is 4.90 Å². The second-order valence-corrected chi connectivity index (χ2v) is 4.41. The highest BCUT2D eigenvalue weighted by molar-refractivity contribution is 7.89. The van der Waals surface area contributed by atoms with Crippen molar-refractivity contribution in [2.45, 2.75) is 18.7 Å². The molecule has 72 valence electrons. The van der Waals surface area contributed by atoms with Crippen LogP contribution in [0.2, 0.25) is 0 Å².